The number of piperazine rings is 1. The fraction of sp³-hybridized carbons (Fsp3) is 0.375. The second kappa shape index (κ2) is 6.54. The maximum Gasteiger partial charge on any atom is 0.286 e. The van der Waals surface area contributed by atoms with E-state index in [0.717, 1.165) is 37.9 Å². The molecule has 1 aromatic rings. The van der Waals surface area contributed by atoms with E-state index in [1.54, 1.807) is 24.3 Å². The number of nitrogens with zero attached hydrogens (tertiary/aromatic N) is 3. The summed E-state index contributed by atoms with van der Waals surface area (Å²) in [5.41, 5.74) is 0.644. The lowest BCUT2D eigenvalue weighted by molar-refractivity contribution is -0.113. The van der Waals surface area contributed by atoms with Gasteiger partial charge in [0.15, 0.2) is 5.17 Å². The van der Waals surface area contributed by atoms with Gasteiger partial charge in [-0.25, -0.2) is 0 Å². The number of para-hydroxylation sites is 1. The molecule has 22 heavy (non-hydrogen) atoms. The number of hydrogen-bond donors (Lipinski definition) is 1. The fourth-order valence-electron chi connectivity index (χ4n) is 2.54. The van der Waals surface area contributed by atoms with Crippen LogP contribution in [-0.2, 0) is 4.79 Å². The summed E-state index contributed by atoms with van der Waals surface area (Å²) < 4.78 is 0. The van der Waals surface area contributed by atoms with Gasteiger partial charge in [0.05, 0.1) is 4.91 Å². The van der Waals surface area contributed by atoms with Gasteiger partial charge in [0.1, 0.15) is 5.75 Å². The van der Waals surface area contributed by atoms with Crippen molar-refractivity contribution in [1.29, 1.82) is 0 Å². The van der Waals surface area contributed by atoms with Crippen molar-refractivity contribution in [2.45, 2.75) is 6.92 Å². The molecule has 6 heteroatoms. The monoisotopic (exact) mass is 317 g/mol. The highest BCUT2D eigenvalue weighted by Crippen LogP contribution is 2.32. The van der Waals surface area contributed by atoms with Crippen LogP contribution in [0.25, 0.3) is 6.08 Å². The number of likely N-dealkylation sites (N-methyl/N-ethyl adjacent to an activating group) is 1. The number of thioether (sulfide) groups is 1. The van der Waals surface area contributed by atoms with Crippen molar-refractivity contribution in [2.24, 2.45) is 4.99 Å². The van der Waals surface area contributed by atoms with E-state index in [0.29, 0.717) is 10.5 Å². The maximum absolute atomic E-state index is 12.1. The number of aliphatic imine (C=N–C) groups is 1. The third-order valence-corrected chi connectivity index (χ3v) is 4.97. The molecule has 0 aromatic heterocycles. The molecular weight excluding hydrogens is 298 g/mol. The topological polar surface area (TPSA) is 56.1 Å². The first-order valence-corrected chi connectivity index (χ1v) is 8.27. The van der Waals surface area contributed by atoms with Gasteiger partial charge in [-0.15, -0.1) is 0 Å². The van der Waals surface area contributed by atoms with Gasteiger partial charge in [0, 0.05) is 31.7 Å². The summed E-state index contributed by atoms with van der Waals surface area (Å²) in [7, 11) is 0. The Morgan fingerprint density at radius 2 is 2.00 bits per heavy atom. The molecule has 1 amide bonds. The third-order valence-electron chi connectivity index (χ3n) is 3.92. The molecule has 0 unspecified atom stereocenters. The molecule has 2 aliphatic heterocycles. The Kier molecular flexibility index (Phi) is 4.49. The number of amidine groups is 1. The molecule has 0 spiro atoms. The first-order valence-electron chi connectivity index (χ1n) is 7.45. The molecule has 1 saturated heterocycles. The molecule has 0 radical (unpaired) electrons. The zero-order valence-electron chi connectivity index (χ0n) is 12.5. The first kappa shape index (κ1) is 15.1. The van der Waals surface area contributed by atoms with Crippen LogP contribution >= 0.6 is 11.8 Å². The van der Waals surface area contributed by atoms with Crippen LogP contribution in [0.1, 0.15) is 12.5 Å². The highest BCUT2D eigenvalue weighted by Gasteiger charge is 2.28. The summed E-state index contributed by atoms with van der Waals surface area (Å²) in [6.07, 6.45) is 1.71. The summed E-state index contributed by atoms with van der Waals surface area (Å²) in [4.78, 5) is 21.4. The van der Waals surface area contributed by atoms with Crippen LogP contribution in [-0.4, -0.2) is 58.7 Å². The van der Waals surface area contributed by atoms with Crippen molar-refractivity contribution in [3.8, 4) is 5.75 Å². The fourth-order valence-corrected chi connectivity index (χ4v) is 3.50. The van der Waals surface area contributed by atoms with Crippen LogP contribution in [0, 0.1) is 0 Å². The van der Waals surface area contributed by atoms with Crippen LogP contribution in [0.2, 0.25) is 0 Å². The van der Waals surface area contributed by atoms with Gasteiger partial charge in [-0.1, -0.05) is 25.1 Å². The number of amides is 1. The molecule has 1 N–H and O–H groups in total. The number of aromatic hydroxyl groups is 1. The van der Waals surface area contributed by atoms with Gasteiger partial charge in [0.2, 0.25) is 0 Å². The lowest BCUT2D eigenvalue weighted by atomic mass is 10.2. The van der Waals surface area contributed by atoms with Crippen LogP contribution < -0.4 is 0 Å². The summed E-state index contributed by atoms with van der Waals surface area (Å²) in [5.74, 6) is -0.0467. The van der Waals surface area contributed by atoms with Crippen LogP contribution in [0.3, 0.4) is 0 Å². The maximum atomic E-state index is 12.1. The molecule has 2 aliphatic rings. The molecule has 1 aromatic carbocycles. The van der Waals surface area contributed by atoms with Gasteiger partial charge in [-0.3, -0.25) is 4.79 Å². The average molecular weight is 317 g/mol. The summed E-state index contributed by atoms with van der Waals surface area (Å²) in [6, 6.07) is 6.99. The van der Waals surface area contributed by atoms with Gasteiger partial charge in [0.25, 0.3) is 5.91 Å². The summed E-state index contributed by atoms with van der Waals surface area (Å²) >= 11 is 1.40. The molecule has 5 nitrogen and oxygen atoms in total. The normalized spacial score (nSPS) is 21.5. The summed E-state index contributed by atoms with van der Waals surface area (Å²) in [6.45, 7) is 7.03. The van der Waals surface area contributed by atoms with Crippen molar-refractivity contribution >= 4 is 28.9 Å². The zero-order valence-corrected chi connectivity index (χ0v) is 13.3. The standard InChI is InChI=1S/C16H19N3O2S/c1-2-18-7-9-19(10-8-18)16-17-15(21)14(22-16)11-12-5-3-4-6-13(12)20/h3-6,11,20H,2,7-10H2,1H3/b14-11-. The number of benzene rings is 1. The highest BCUT2D eigenvalue weighted by atomic mass is 32.2. The molecule has 0 bridgehead atoms. The van der Waals surface area contributed by atoms with E-state index in [4.69, 9.17) is 0 Å². The number of carbonyl (C=O) groups is 1. The lowest BCUT2D eigenvalue weighted by Gasteiger charge is -2.34. The van der Waals surface area contributed by atoms with E-state index in [1.807, 2.05) is 6.07 Å². The van der Waals surface area contributed by atoms with Crippen LogP contribution in [0.15, 0.2) is 34.2 Å². The minimum absolute atomic E-state index is 0.174. The largest absolute Gasteiger partial charge is 0.507 e. The van der Waals surface area contributed by atoms with E-state index >= 15 is 0 Å². The van der Waals surface area contributed by atoms with Crippen molar-refractivity contribution in [2.75, 3.05) is 32.7 Å². The Balaban J connectivity index is 1.70. The number of phenolic OH excluding ortho intramolecular Hbond substituents is 1. The first-order chi connectivity index (χ1) is 10.7. The van der Waals surface area contributed by atoms with E-state index in [1.165, 1.54) is 11.8 Å². The van der Waals surface area contributed by atoms with E-state index in [-0.39, 0.29) is 11.7 Å². The Labute approximate surface area is 134 Å². The van der Waals surface area contributed by atoms with Gasteiger partial charge in [-0.05, 0) is 30.4 Å². The van der Waals surface area contributed by atoms with Gasteiger partial charge < -0.3 is 14.9 Å². The Morgan fingerprint density at radius 3 is 2.68 bits per heavy atom. The summed E-state index contributed by atoms with van der Waals surface area (Å²) in [5, 5.41) is 10.6. The Bertz CT molecular complexity index is 634. The van der Waals surface area contributed by atoms with Crippen molar-refractivity contribution < 1.29 is 9.90 Å². The van der Waals surface area contributed by atoms with E-state index in [2.05, 4.69) is 21.7 Å². The minimum atomic E-state index is -0.221. The molecule has 2 heterocycles. The van der Waals surface area contributed by atoms with Crippen molar-refractivity contribution in [3.63, 3.8) is 0 Å². The molecule has 0 saturated carbocycles. The Hall–Kier alpha value is -1.79. The van der Waals surface area contributed by atoms with E-state index in [9.17, 15) is 9.90 Å². The van der Waals surface area contributed by atoms with Gasteiger partial charge in [-0.2, -0.15) is 4.99 Å². The number of phenols is 1. The molecule has 0 aliphatic carbocycles. The van der Waals surface area contributed by atoms with Crippen LogP contribution in [0.5, 0.6) is 5.75 Å². The third kappa shape index (κ3) is 3.18. The molecule has 1 fully saturated rings. The van der Waals surface area contributed by atoms with E-state index < -0.39 is 0 Å². The quantitative estimate of drug-likeness (QED) is 0.846. The molecule has 116 valence electrons. The number of hydrogen-bond acceptors (Lipinski definition) is 5. The molecule has 0 atom stereocenters. The average Bonchev–Trinajstić information content (AvgIpc) is 2.91. The second-order valence-electron chi connectivity index (χ2n) is 5.29. The molecular formula is C16H19N3O2S. The number of rotatable bonds is 2. The zero-order chi connectivity index (χ0) is 15.5. The smallest absolute Gasteiger partial charge is 0.286 e. The molecule has 3 rings (SSSR count). The predicted octanol–water partition coefficient (Wildman–Crippen LogP) is 2.00. The van der Waals surface area contributed by atoms with Crippen molar-refractivity contribution in [3.05, 3.63) is 34.7 Å². The lowest BCUT2D eigenvalue weighted by Crippen LogP contribution is -2.47. The van der Waals surface area contributed by atoms with Crippen molar-refractivity contribution in [1.82, 2.24) is 9.80 Å². The second-order valence-corrected chi connectivity index (χ2v) is 6.30. The predicted molar refractivity (Wildman–Crippen MR) is 89.8 cm³/mol. The van der Waals surface area contributed by atoms with Crippen LogP contribution in [0.4, 0.5) is 0 Å². The minimum Gasteiger partial charge on any atom is -0.507 e. The highest BCUT2D eigenvalue weighted by molar-refractivity contribution is 8.18. The number of carbonyl (C=O) groups excluding carboxylic acids is 1. The van der Waals surface area contributed by atoms with Gasteiger partial charge >= 0.3 is 0 Å². The SMILES string of the molecule is CCN1CCN(C2=NC(=O)/C(=C/c3ccccc3O)S2)CC1. The Morgan fingerprint density at radius 1 is 1.27 bits per heavy atom.